The number of aromatic hydroxyl groups is 1. The SMILES string of the molecule is CCN1C(=O)[C@@H]2[C@@H](C1=O)[C@](Cc1c[nH]c3ccccc13)(C(=O)O)N[C@H]2c1ccccc1O. The van der Waals surface area contributed by atoms with Crippen molar-refractivity contribution in [2.45, 2.75) is 24.9 Å². The quantitative estimate of drug-likeness (QED) is 0.458. The number of carboxylic acids is 1. The highest BCUT2D eigenvalue weighted by molar-refractivity contribution is 6.09. The molecule has 8 heteroatoms. The Morgan fingerprint density at radius 3 is 2.53 bits per heavy atom. The molecule has 0 radical (unpaired) electrons. The van der Waals surface area contributed by atoms with Crippen LogP contribution in [0, 0.1) is 11.8 Å². The Hall–Kier alpha value is -3.65. The van der Waals surface area contributed by atoms with E-state index in [1.165, 1.54) is 6.07 Å². The molecule has 0 saturated carbocycles. The summed E-state index contributed by atoms with van der Waals surface area (Å²) in [4.78, 5) is 43.7. The number of likely N-dealkylation sites (tertiary alicyclic amines) is 1. The first kappa shape index (κ1) is 20.3. The third-order valence-electron chi connectivity index (χ3n) is 6.86. The molecule has 4 N–H and O–H groups in total. The Morgan fingerprint density at radius 2 is 1.81 bits per heavy atom. The van der Waals surface area contributed by atoms with Crippen molar-refractivity contribution >= 4 is 28.7 Å². The second-order valence-corrected chi connectivity index (χ2v) is 8.42. The first-order valence-electron chi connectivity index (χ1n) is 10.6. The zero-order chi connectivity index (χ0) is 22.6. The van der Waals surface area contributed by atoms with Crippen LogP contribution in [0.3, 0.4) is 0 Å². The zero-order valence-corrected chi connectivity index (χ0v) is 17.4. The van der Waals surface area contributed by atoms with Crippen molar-refractivity contribution in [2.75, 3.05) is 6.54 Å². The second-order valence-electron chi connectivity index (χ2n) is 8.42. The van der Waals surface area contributed by atoms with Crippen LogP contribution in [0.4, 0.5) is 0 Å². The summed E-state index contributed by atoms with van der Waals surface area (Å²) >= 11 is 0. The minimum atomic E-state index is -1.71. The van der Waals surface area contributed by atoms with E-state index in [0.29, 0.717) is 5.56 Å². The normalized spacial score (nSPS) is 27.3. The maximum Gasteiger partial charge on any atom is 0.325 e. The van der Waals surface area contributed by atoms with E-state index in [2.05, 4.69) is 10.3 Å². The summed E-state index contributed by atoms with van der Waals surface area (Å²) in [6.45, 7) is 1.86. The van der Waals surface area contributed by atoms with E-state index in [0.717, 1.165) is 21.4 Å². The highest BCUT2D eigenvalue weighted by Gasteiger charge is 2.68. The molecule has 2 fully saturated rings. The lowest BCUT2D eigenvalue weighted by Crippen LogP contribution is -2.57. The monoisotopic (exact) mass is 433 g/mol. The molecule has 2 saturated heterocycles. The molecular weight excluding hydrogens is 410 g/mol. The Kier molecular flexibility index (Phi) is 4.56. The van der Waals surface area contributed by atoms with Crippen molar-refractivity contribution in [1.29, 1.82) is 0 Å². The standard InChI is InChI=1S/C24H23N3O5/c1-2-27-21(29)18-19(22(27)30)24(23(31)32,26-20(18)15-8-4-6-10-17(15)28)11-13-12-25-16-9-5-3-7-14(13)16/h3-10,12,18-20,25-26,28H,2,11H2,1H3,(H,31,32)/t18-,19+,20+,24-/m1/s1. The molecule has 0 spiro atoms. The largest absolute Gasteiger partial charge is 0.508 e. The van der Waals surface area contributed by atoms with Gasteiger partial charge in [0, 0.05) is 41.7 Å². The summed E-state index contributed by atoms with van der Waals surface area (Å²) in [5.74, 6) is -4.16. The molecule has 4 atom stereocenters. The number of benzene rings is 2. The first-order valence-corrected chi connectivity index (χ1v) is 10.6. The van der Waals surface area contributed by atoms with Gasteiger partial charge < -0.3 is 15.2 Å². The molecule has 32 heavy (non-hydrogen) atoms. The summed E-state index contributed by atoms with van der Waals surface area (Å²) in [5.41, 5.74) is 0.295. The number of carboxylic acid groups (broad SMARTS) is 1. The van der Waals surface area contributed by atoms with Crippen LogP contribution in [-0.4, -0.2) is 50.0 Å². The smallest absolute Gasteiger partial charge is 0.325 e. The Bertz CT molecular complexity index is 1250. The number of para-hydroxylation sites is 2. The number of amides is 2. The number of rotatable bonds is 5. The van der Waals surface area contributed by atoms with Gasteiger partial charge in [-0.15, -0.1) is 0 Å². The third-order valence-corrected chi connectivity index (χ3v) is 6.86. The molecule has 164 valence electrons. The molecule has 3 heterocycles. The van der Waals surface area contributed by atoms with Gasteiger partial charge in [0.25, 0.3) is 0 Å². The predicted molar refractivity (Wildman–Crippen MR) is 116 cm³/mol. The lowest BCUT2D eigenvalue weighted by Gasteiger charge is -2.31. The van der Waals surface area contributed by atoms with E-state index in [1.807, 2.05) is 24.3 Å². The van der Waals surface area contributed by atoms with Gasteiger partial charge in [0.15, 0.2) is 0 Å². The number of phenols is 1. The molecule has 2 aromatic carbocycles. The summed E-state index contributed by atoms with van der Waals surface area (Å²) in [6, 6.07) is 13.2. The van der Waals surface area contributed by atoms with Gasteiger partial charge in [-0.05, 0) is 24.6 Å². The lowest BCUT2D eigenvalue weighted by molar-refractivity contribution is -0.151. The number of hydrogen-bond donors (Lipinski definition) is 4. The average molecular weight is 433 g/mol. The van der Waals surface area contributed by atoms with Crippen molar-refractivity contribution in [1.82, 2.24) is 15.2 Å². The number of hydrogen-bond acceptors (Lipinski definition) is 5. The molecule has 1 aromatic heterocycles. The minimum Gasteiger partial charge on any atom is -0.508 e. The fourth-order valence-corrected chi connectivity index (χ4v) is 5.41. The highest BCUT2D eigenvalue weighted by Crippen LogP contribution is 2.51. The zero-order valence-electron chi connectivity index (χ0n) is 17.4. The van der Waals surface area contributed by atoms with Crippen molar-refractivity contribution in [3.8, 4) is 5.75 Å². The number of aliphatic carboxylic acids is 1. The molecule has 3 aromatic rings. The van der Waals surface area contributed by atoms with Crippen LogP contribution in [0.25, 0.3) is 10.9 Å². The van der Waals surface area contributed by atoms with Gasteiger partial charge in [-0.1, -0.05) is 36.4 Å². The molecule has 0 aliphatic carbocycles. The third kappa shape index (κ3) is 2.69. The van der Waals surface area contributed by atoms with E-state index < -0.39 is 41.2 Å². The fraction of sp³-hybridized carbons (Fsp3) is 0.292. The Morgan fingerprint density at radius 1 is 1.09 bits per heavy atom. The average Bonchev–Trinajstić information content (AvgIpc) is 3.42. The maximum absolute atomic E-state index is 13.3. The number of aromatic nitrogens is 1. The number of carbonyl (C=O) groups excluding carboxylic acids is 2. The molecule has 2 aliphatic rings. The number of nitrogens with zero attached hydrogens (tertiary/aromatic N) is 1. The molecular formula is C24H23N3O5. The maximum atomic E-state index is 13.3. The summed E-state index contributed by atoms with van der Waals surface area (Å²) < 4.78 is 0. The summed E-state index contributed by atoms with van der Waals surface area (Å²) in [7, 11) is 0. The summed E-state index contributed by atoms with van der Waals surface area (Å²) in [6.07, 6.45) is 1.76. The highest BCUT2D eigenvalue weighted by atomic mass is 16.4. The molecule has 0 unspecified atom stereocenters. The van der Waals surface area contributed by atoms with E-state index in [1.54, 1.807) is 31.3 Å². The number of carbonyl (C=O) groups is 3. The molecule has 2 amide bonds. The van der Waals surface area contributed by atoms with Crippen LogP contribution in [0.15, 0.2) is 54.7 Å². The summed E-state index contributed by atoms with van der Waals surface area (Å²) in [5, 5.41) is 24.9. The van der Waals surface area contributed by atoms with E-state index in [-0.39, 0.29) is 18.7 Å². The molecule has 5 rings (SSSR count). The van der Waals surface area contributed by atoms with Crippen molar-refractivity contribution in [2.24, 2.45) is 11.8 Å². The van der Waals surface area contributed by atoms with Gasteiger partial charge in [-0.2, -0.15) is 0 Å². The van der Waals surface area contributed by atoms with E-state index >= 15 is 0 Å². The van der Waals surface area contributed by atoms with Gasteiger partial charge in [-0.3, -0.25) is 24.6 Å². The van der Waals surface area contributed by atoms with Crippen LogP contribution in [0.5, 0.6) is 5.75 Å². The van der Waals surface area contributed by atoms with E-state index in [4.69, 9.17) is 0 Å². The van der Waals surface area contributed by atoms with E-state index in [9.17, 15) is 24.6 Å². The minimum absolute atomic E-state index is 0.00812. The Balaban J connectivity index is 1.68. The van der Waals surface area contributed by atoms with Crippen molar-refractivity contribution in [3.05, 3.63) is 65.9 Å². The van der Waals surface area contributed by atoms with Gasteiger partial charge >= 0.3 is 5.97 Å². The van der Waals surface area contributed by atoms with Crippen molar-refractivity contribution < 1.29 is 24.6 Å². The van der Waals surface area contributed by atoms with Gasteiger partial charge in [0.2, 0.25) is 11.8 Å². The number of fused-ring (bicyclic) bond motifs is 2. The lowest BCUT2D eigenvalue weighted by atomic mass is 9.76. The molecule has 2 aliphatic heterocycles. The number of phenolic OH excluding ortho intramolecular Hbond substituents is 1. The number of nitrogens with one attached hydrogen (secondary N) is 2. The molecule has 0 bridgehead atoms. The Labute approximate surface area is 183 Å². The number of H-pyrrole nitrogens is 1. The van der Waals surface area contributed by atoms with Gasteiger partial charge in [0.05, 0.1) is 11.8 Å². The number of aromatic amines is 1. The first-order chi connectivity index (χ1) is 15.4. The van der Waals surface area contributed by atoms with Crippen molar-refractivity contribution in [3.63, 3.8) is 0 Å². The fourth-order valence-electron chi connectivity index (χ4n) is 5.41. The van der Waals surface area contributed by atoms with Crippen LogP contribution < -0.4 is 5.32 Å². The van der Waals surface area contributed by atoms with Crippen LogP contribution in [0.1, 0.15) is 24.1 Å². The van der Waals surface area contributed by atoms with Crippen LogP contribution in [0.2, 0.25) is 0 Å². The molecule has 8 nitrogen and oxygen atoms in total. The van der Waals surface area contributed by atoms with Crippen LogP contribution >= 0.6 is 0 Å². The topological polar surface area (TPSA) is 123 Å². The van der Waals surface area contributed by atoms with Crippen LogP contribution in [-0.2, 0) is 20.8 Å². The second kappa shape index (κ2) is 7.20. The predicted octanol–water partition coefficient (Wildman–Crippen LogP) is 2.20. The number of imide groups is 1. The van der Waals surface area contributed by atoms with Gasteiger partial charge in [-0.25, -0.2) is 0 Å². The van der Waals surface area contributed by atoms with Gasteiger partial charge in [0.1, 0.15) is 11.3 Å².